The Labute approximate surface area is 95.6 Å². The zero-order valence-electron chi connectivity index (χ0n) is 8.92. The van der Waals surface area contributed by atoms with Crippen molar-refractivity contribution in [2.24, 2.45) is 5.92 Å². The van der Waals surface area contributed by atoms with Crippen LogP contribution in [0.25, 0.3) is 0 Å². The smallest absolute Gasteiger partial charge is 0.362 e. The lowest BCUT2D eigenvalue weighted by atomic mass is 10.1. The number of hydrogen-bond donors (Lipinski definition) is 0. The van der Waals surface area contributed by atoms with Crippen LogP contribution < -0.4 is 0 Å². The van der Waals surface area contributed by atoms with Gasteiger partial charge in [-0.15, -0.1) is 0 Å². The molecule has 1 aliphatic carbocycles. The topological polar surface area (TPSA) is 3.24 Å². The highest BCUT2D eigenvalue weighted by Gasteiger charge is 2.51. The number of rotatable bonds is 3. The van der Waals surface area contributed by atoms with Gasteiger partial charge in [0.05, 0.1) is 0 Å². The van der Waals surface area contributed by atoms with Gasteiger partial charge in [-0.05, 0) is 24.8 Å². The first-order valence-electron chi connectivity index (χ1n) is 5.38. The van der Waals surface area contributed by atoms with E-state index in [9.17, 15) is 22.0 Å². The summed E-state index contributed by atoms with van der Waals surface area (Å²) in [6.45, 7) is -0.100. The third-order valence-corrected chi connectivity index (χ3v) is 3.01. The molecule has 1 saturated carbocycles. The van der Waals surface area contributed by atoms with Crippen LogP contribution in [0.1, 0.15) is 12.8 Å². The first-order valence-corrected chi connectivity index (χ1v) is 5.38. The summed E-state index contributed by atoms with van der Waals surface area (Å²) in [5.41, 5.74) is -0.210. The van der Waals surface area contributed by atoms with Crippen LogP contribution in [0.4, 0.5) is 22.0 Å². The highest BCUT2D eigenvalue weighted by molar-refractivity contribution is 5.25. The molecule has 0 amide bonds. The normalized spacial score (nSPS) is 22.9. The molecule has 0 aromatic carbocycles. The Kier molecular flexibility index (Phi) is 3.14. The Hall–Kier alpha value is -1.07. The molecule has 6 heteroatoms. The van der Waals surface area contributed by atoms with E-state index in [-0.39, 0.29) is 18.0 Å². The van der Waals surface area contributed by atoms with E-state index in [2.05, 4.69) is 0 Å². The number of allylic oxidation sites excluding steroid dienone is 2. The van der Waals surface area contributed by atoms with Gasteiger partial charge in [0.2, 0.25) is 0 Å². The van der Waals surface area contributed by atoms with E-state index in [1.165, 1.54) is 0 Å². The minimum Gasteiger partial charge on any atom is -0.362 e. The highest BCUT2D eigenvalue weighted by atomic mass is 19.4. The summed E-state index contributed by atoms with van der Waals surface area (Å²) in [6, 6.07) is -1.53. The molecule has 0 aromatic heterocycles. The van der Waals surface area contributed by atoms with Crippen molar-refractivity contribution < 1.29 is 22.0 Å². The standard InChI is InChI=1S/C11H12F5N/c12-10(13)8-3-5-17(6-4-8)9(7-1-2-7)11(14,15)16/h3-5,7,9-10H,1-2,6H2/t9-/m0/s1. The predicted octanol–water partition coefficient (Wildman–Crippen LogP) is 3.35. The van der Waals surface area contributed by atoms with Crippen molar-refractivity contribution in [3.05, 3.63) is 23.9 Å². The van der Waals surface area contributed by atoms with Crippen LogP contribution in [0.2, 0.25) is 0 Å². The fourth-order valence-electron chi connectivity index (χ4n) is 2.03. The van der Waals surface area contributed by atoms with Crippen molar-refractivity contribution in [2.45, 2.75) is 31.5 Å². The molecule has 0 aromatic rings. The lowest BCUT2D eigenvalue weighted by molar-refractivity contribution is -0.181. The Morgan fingerprint density at radius 1 is 1.24 bits per heavy atom. The van der Waals surface area contributed by atoms with Gasteiger partial charge in [-0.3, -0.25) is 0 Å². The largest absolute Gasteiger partial charge is 0.408 e. The summed E-state index contributed by atoms with van der Waals surface area (Å²) in [6.07, 6.45) is -2.46. The van der Waals surface area contributed by atoms with E-state index < -0.39 is 18.6 Å². The fraction of sp³-hybridized carbons (Fsp3) is 0.636. The van der Waals surface area contributed by atoms with Gasteiger partial charge in [-0.2, -0.15) is 13.2 Å². The molecular weight excluding hydrogens is 241 g/mol. The average molecular weight is 253 g/mol. The minimum atomic E-state index is -4.30. The van der Waals surface area contributed by atoms with Gasteiger partial charge in [0.25, 0.3) is 6.43 Å². The summed E-state index contributed by atoms with van der Waals surface area (Å²) >= 11 is 0. The molecule has 1 atom stereocenters. The Morgan fingerprint density at radius 2 is 1.88 bits per heavy atom. The highest BCUT2D eigenvalue weighted by Crippen LogP contribution is 2.43. The van der Waals surface area contributed by atoms with Crippen LogP contribution in [-0.4, -0.2) is 30.1 Å². The first kappa shape index (κ1) is 12.4. The second-order valence-electron chi connectivity index (χ2n) is 4.34. The van der Waals surface area contributed by atoms with Gasteiger partial charge in [-0.1, -0.05) is 6.08 Å². The first-order chi connectivity index (χ1) is 7.89. The van der Waals surface area contributed by atoms with E-state index in [1.807, 2.05) is 0 Å². The Bertz CT molecular complexity index is 340. The SMILES string of the molecule is FC(F)C1=CCN([C@@H](C2CC2)C(F)(F)F)C=C1. The third-order valence-electron chi connectivity index (χ3n) is 3.01. The molecule has 0 unspecified atom stereocenters. The molecule has 2 aliphatic rings. The van der Waals surface area contributed by atoms with Crippen molar-refractivity contribution in [1.82, 2.24) is 4.90 Å². The molecule has 1 nitrogen and oxygen atoms in total. The fourth-order valence-corrected chi connectivity index (χ4v) is 2.03. The second-order valence-corrected chi connectivity index (χ2v) is 4.34. The average Bonchev–Trinajstić information content (AvgIpc) is 3.01. The quantitative estimate of drug-likeness (QED) is 0.697. The molecule has 0 spiro atoms. The van der Waals surface area contributed by atoms with Gasteiger partial charge in [0, 0.05) is 18.3 Å². The summed E-state index contributed by atoms with van der Waals surface area (Å²) in [5.74, 6) is -0.388. The van der Waals surface area contributed by atoms with Gasteiger partial charge in [0.15, 0.2) is 0 Å². The van der Waals surface area contributed by atoms with Crippen molar-refractivity contribution in [1.29, 1.82) is 0 Å². The molecule has 1 aliphatic heterocycles. The van der Waals surface area contributed by atoms with Crippen molar-refractivity contribution in [3.8, 4) is 0 Å². The van der Waals surface area contributed by atoms with Crippen LogP contribution in [-0.2, 0) is 0 Å². The number of hydrogen-bond acceptors (Lipinski definition) is 1. The van der Waals surface area contributed by atoms with Crippen LogP contribution in [0, 0.1) is 5.92 Å². The molecule has 1 fully saturated rings. The molecule has 0 bridgehead atoms. The zero-order valence-corrected chi connectivity index (χ0v) is 8.92. The van der Waals surface area contributed by atoms with Crippen molar-refractivity contribution in [2.75, 3.05) is 6.54 Å². The number of alkyl halides is 5. The molecule has 96 valence electrons. The Balaban J connectivity index is 2.07. The van der Waals surface area contributed by atoms with Crippen molar-refractivity contribution >= 4 is 0 Å². The molecular formula is C11H12F5N. The summed E-state index contributed by atoms with van der Waals surface area (Å²) in [7, 11) is 0. The molecule has 1 heterocycles. The summed E-state index contributed by atoms with van der Waals surface area (Å²) in [4.78, 5) is 1.10. The minimum absolute atomic E-state index is 0.100. The number of nitrogens with zero attached hydrogens (tertiary/aromatic N) is 1. The number of halogens is 5. The van der Waals surface area contributed by atoms with Crippen LogP contribution in [0.3, 0.4) is 0 Å². The zero-order chi connectivity index (χ0) is 12.6. The van der Waals surface area contributed by atoms with E-state index in [0.717, 1.165) is 23.3 Å². The second kappa shape index (κ2) is 4.31. The molecule has 0 radical (unpaired) electrons. The lowest BCUT2D eigenvalue weighted by Gasteiger charge is -2.33. The predicted molar refractivity (Wildman–Crippen MR) is 52.5 cm³/mol. The maximum absolute atomic E-state index is 12.8. The Morgan fingerprint density at radius 3 is 2.24 bits per heavy atom. The molecule has 0 N–H and O–H groups in total. The molecule has 17 heavy (non-hydrogen) atoms. The van der Waals surface area contributed by atoms with E-state index in [4.69, 9.17) is 0 Å². The van der Waals surface area contributed by atoms with Crippen LogP contribution >= 0.6 is 0 Å². The van der Waals surface area contributed by atoms with Crippen molar-refractivity contribution in [3.63, 3.8) is 0 Å². The molecule has 2 rings (SSSR count). The van der Waals surface area contributed by atoms with E-state index >= 15 is 0 Å². The van der Waals surface area contributed by atoms with Gasteiger partial charge in [-0.25, -0.2) is 8.78 Å². The van der Waals surface area contributed by atoms with E-state index in [0.29, 0.717) is 12.8 Å². The monoisotopic (exact) mass is 253 g/mol. The van der Waals surface area contributed by atoms with Gasteiger partial charge >= 0.3 is 6.18 Å². The lowest BCUT2D eigenvalue weighted by Crippen LogP contribution is -2.45. The van der Waals surface area contributed by atoms with E-state index in [1.54, 1.807) is 0 Å². The third kappa shape index (κ3) is 2.79. The van der Waals surface area contributed by atoms with Crippen LogP contribution in [0.15, 0.2) is 23.9 Å². The summed E-state index contributed by atoms with van der Waals surface area (Å²) < 4.78 is 63.0. The maximum atomic E-state index is 12.8. The van der Waals surface area contributed by atoms with Gasteiger partial charge in [0.1, 0.15) is 6.04 Å². The summed E-state index contributed by atoms with van der Waals surface area (Å²) in [5, 5.41) is 0. The maximum Gasteiger partial charge on any atom is 0.408 e. The molecule has 0 saturated heterocycles. The van der Waals surface area contributed by atoms with Gasteiger partial charge < -0.3 is 4.90 Å². The van der Waals surface area contributed by atoms with Crippen LogP contribution in [0.5, 0.6) is 0 Å².